The molecule has 184 valence electrons. The van der Waals surface area contributed by atoms with E-state index in [0.717, 1.165) is 0 Å². The third kappa shape index (κ3) is 5.08. The zero-order valence-corrected chi connectivity index (χ0v) is 23.4. The quantitative estimate of drug-likeness (QED) is 0.234. The maximum atomic E-state index is 6.47. The van der Waals surface area contributed by atoms with Crippen LogP contribution in [0.25, 0.3) is 0 Å². The maximum Gasteiger partial charge on any atom is 0.0936 e. The molecule has 1 aliphatic rings. The molecular formula is C33H37OP2+. The molecule has 0 aromatic heterocycles. The van der Waals surface area contributed by atoms with Crippen LogP contribution in [0.4, 0.5) is 0 Å². The number of rotatable bonds is 8. The summed E-state index contributed by atoms with van der Waals surface area (Å²) in [5.74, 6) is 0.531. The van der Waals surface area contributed by atoms with Crippen molar-refractivity contribution in [3.8, 4) is 0 Å². The first kappa shape index (κ1) is 25.4. The smallest absolute Gasteiger partial charge is 0.0936 e. The predicted octanol–water partition coefficient (Wildman–Crippen LogP) is 6.90. The molecule has 0 aliphatic heterocycles. The zero-order chi connectivity index (χ0) is 25.0. The van der Waals surface area contributed by atoms with Crippen molar-refractivity contribution in [2.24, 2.45) is 5.92 Å². The molecule has 4 aromatic rings. The summed E-state index contributed by atoms with van der Waals surface area (Å²) in [6.07, 6.45) is 3.94. The lowest BCUT2D eigenvalue weighted by atomic mass is 9.94. The van der Waals surface area contributed by atoms with Crippen LogP contribution in [0.3, 0.4) is 0 Å². The van der Waals surface area contributed by atoms with Crippen LogP contribution in [0, 0.1) is 5.92 Å². The minimum absolute atomic E-state index is 0.106. The molecule has 2 unspecified atom stereocenters. The summed E-state index contributed by atoms with van der Waals surface area (Å²) in [6.45, 7) is 5.09. The first-order valence-electron chi connectivity index (χ1n) is 13.0. The van der Waals surface area contributed by atoms with Crippen molar-refractivity contribution in [1.82, 2.24) is 0 Å². The number of hydrogen-bond acceptors (Lipinski definition) is 1. The van der Waals surface area contributed by atoms with Gasteiger partial charge in [-0.2, -0.15) is 0 Å². The monoisotopic (exact) mass is 511 g/mol. The van der Waals surface area contributed by atoms with E-state index in [1.54, 1.807) is 5.30 Å². The van der Waals surface area contributed by atoms with Crippen molar-refractivity contribution in [3.05, 3.63) is 121 Å². The SMILES string of the molecule is CO[C@@H](c1ccccc1P(c1ccccc1)c1ccccc1)C1CCCC1[P+](C)(C)c1ccccc1. The van der Waals surface area contributed by atoms with Gasteiger partial charge in [0.25, 0.3) is 0 Å². The molecule has 4 aromatic carbocycles. The summed E-state index contributed by atoms with van der Waals surface area (Å²) in [6, 6.07) is 42.4. The highest BCUT2D eigenvalue weighted by Gasteiger charge is 2.49. The fourth-order valence-corrected chi connectivity index (χ4v) is 12.1. The highest BCUT2D eigenvalue weighted by molar-refractivity contribution is 7.82. The van der Waals surface area contributed by atoms with Crippen molar-refractivity contribution >= 4 is 36.4 Å². The molecule has 1 fully saturated rings. The lowest BCUT2D eigenvalue weighted by molar-refractivity contribution is 0.0556. The summed E-state index contributed by atoms with van der Waals surface area (Å²) < 4.78 is 6.47. The second kappa shape index (κ2) is 11.4. The predicted molar refractivity (Wildman–Crippen MR) is 161 cm³/mol. The van der Waals surface area contributed by atoms with Crippen LogP contribution in [-0.4, -0.2) is 26.1 Å². The van der Waals surface area contributed by atoms with Gasteiger partial charge in [0, 0.05) is 20.3 Å². The Labute approximate surface area is 219 Å². The van der Waals surface area contributed by atoms with E-state index in [9.17, 15) is 0 Å². The second-order valence-corrected chi connectivity index (χ2v) is 16.7. The molecule has 0 amide bonds. The summed E-state index contributed by atoms with van der Waals surface area (Å²) in [5, 5.41) is 5.75. The van der Waals surface area contributed by atoms with E-state index in [1.807, 2.05) is 7.11 Å². The Balaban J connectivity index is 1.58. The van der Waals surface area contributed by atoms with E-state index in [0.29, 0.717) is 11.6 Å². The molecule has 0 saturated heterocycles. The molecule has 36 heavy (non-hydrogen) atoms. The van der Waals surface area contributed by atoms with Crippen LogP contribution in [0.2, 0.25) is 0 Å². The molecular weight excluding hydrogens is 474 g/mol. The lowest BCUT2D eigenvalue weighted by Crippen LogP contribution is -2.32. The highest BCUT2D eigenvalue weighted by Crippen LogP contribution is 2.63. The van der Waals surface area contributed by atoms with Crippen LogP contribution in [0.15, 0.2) is 115 Å². The van der Waals surface area contributed by atoms with Gasteiger partial charge in [0.05, 0.1) is 30.4 Å². The van der Waals surface area contributed by atoms with Crippen LogP contribution in [0.1, 0.15) is 30.9 Å². The topological polar surface area (TPSA) is 9.23 Å². The lowest BCUT2D eigenvalue weighted by Gasteiger charge is -2.35. The average molecular weight is 512 g/mol. The molecule has 0 N–H and O–H groups in total. The van der Waals surface area contributed by atoms with Gasteiger partial charge in [0.1, 0.15) is 0 Å². The normalized spacial score (nSPS) is 18.9. The minimum Gasteiger partial charge on any atom is -0.376 e. The van der Waals surface area contributed by atoms with E-state index in [-0.39, 0.29) is 6.10 Å². The molecule has 0 radical (unpaired) electrons. The Kier molecular flexibility index (Phi) is 8.03. The van der Waals surface area contributed by atoms with Crippen molar-refractivity contribution in [1.29, 1.82) is 0 Å². The minimum atomic E-state index is -1.32. The molecule has 0 heterocycles. The standard InChI is InChI=1S/C33H37OP2/c1-34-33(30-23-15-25-32(30)36(2,3)28-20-11-6-12-21-28)29-22-13-14-24-31(29)35(26-16-7-4-8-17-26)27-18-9-5-10-19-27/h4-14,16-22,24,30,32-33H,15,23,25H2,1-3H3/q+1/t30?,32?,33-/m0/s1. The summed E-state index contributed by atoms with van der Waals surface area (Å²) in [7, 11) is -0.0636. The van der Waals surface area contributed by atoms with Gasteiger partial charge >= 0.3 is 0 Å². The first-order valence-corrected chi connectivity index (χ1v) is 17.1. The van der Waals surface area contributed by atoms with E-state index < -0.39 is 15.2 Å². The Bertz CT molecular complexity index is 1200. The van der Waals surface area contributed by atoms with Crippen molar-refractivity contribution in [3.63, 3.8) is 0 Å². The van der Waals surface area contributed by atoms with Crippen LogP contribution < -0.4 is 21.2 Å². The fourth-order valence-electron chi connectivity index (χ4n) is 6.17. The second-order valence-electron chi connectivity index (χ2n) is 10.3. The summed E-state index contributed by atoms with van der Waals surface area (Å²) >= 11 is 0. The van der Waals surface area contributed by atoms with Gasteiger partial charge in [-0.25, -0.2) is 0 Å². The molecule has 1 saturated carbocycles. The van der Waals surface area contributed by atoms with Crippen molar-refractivity contribution in [2.45, 2.75) is 31.0 Å². The average Bonchev–Trinajstić information content (AvgIpc) is 3.43. The Hall–Kier alpha value is -2.30. The Morgan fingerprint density at radius 3 is 1.81 bits per heavy atom. The fraction of sp³-hybridized carbons (Fsp3) is 0.273. The van der Waals surface area contributed by atoms with Crippen LogP contribution >= 0.6 is 15.2 Å². The summed E-state index contributed by atoms with van der Waals surface area (Å²) in [5.41, 5.74) is 2.06. The van der Waals surface area contributed by atoms with Gasteiger partial charge in [0.2, 0.25) is 0 Å². The number of methoxy groups -OCH3 is 1. The van der Waals surface area contributed by atoms with E-state index >= 15 is 0 Å². The molecule has 1 aliphatic carbocycles. The van der Waals surface area contributed by atoms with Gasteiger partial charge < -0.3 is 4.74 Å². The molecule has 1 nitrogen and oxygen atoms in total. The molecule has 5 rings (SSSR count). The summed E-state index contributed by atoms with van der Waals surface area (Å²) in [4.78, 5) is 0. The highest BCUT2D eigenvalue weighted by atomic mass is 31.2. The third-order valence-electron chi connectivity index (χ3n) is 7.94. The zero-order valence-electron chi connectivity index (χ0n) is 21.6. The number of benzene rings is 4. The van der Waals surface area contributed by atoms with E-state index in [4.69, 9.17) is 4.74 Å². The third-order valence-corrected chi connectivity index (χ3v) is 14.4. The van der Waals surface area contributed by atoms with Crippen molar-refractivity contribution in [2.75, 3.05) is 20.4 Å². The molecule has 0 bridgehead atoms. The number of hydrogen-bond donors (Lipinski definition) is 0. The Morgan fingerprint density at radius 2 is 1.22 bits per heavy atom. The van der Waals surface area contributed by atoms with Gasteiger partial charge in [-0.05, 0) is 60.8 Å². The first-order chi connectivity index (χ1) is 17.6. The van der Waals surface area contributed by atoms with E-state index in [2.05, 4.69) is 129 Å². The molecule has 3 atom stereocenters. The number of ether oxygens (including phenoxy) is 1. The van der Waals surface area contributed by atoms with Gasteiger partial charge in [0.15, 0.2) is 0 Å². The van der Waals surface area contributed by atoms with Gasteiger partial charge in [-0.1, -0.05) is 103 Å². The molecule has 0 spiro atoms. The van der Waals surface area contributed by atoms with Gasteiger partial charge in [-0.15, -0.1) is 0 Å². The van der Waals surface area contributed by atoms with Crippen LogP contribution in [-0.2, 0) is 4.74 Å². The van der Waals surface area contributed by atoms with Crippen molar-refractivity contribution < 1.29 is 4.74 Å². The Morgan fingerprint density at radius 1 is 0.694 bits per heavy atom. The maximum absolute atomic E-state index is 6.47. The van der Waals surface area contributed by atoms with E-state index in [1.165, 1.54) is 40.7 Å². The molecule has 3 heteroatoms. The largest absolute Gasteiger partial charge is 0.376 e. The van der Waals surface area contributed by atoms with Crippen LogP contribution in [0.5, 0.6) is 0 Å². The van der Waals surface area contributed by atoms with Gasteiger partial charge in [-0.3, -0.25) is 0 Å².